The molecule has 0 atom stereocenters. The number of nitrogens with zero attached hydrogens (tertiary/aromatic N) is 2. The lowest BCUT2D eigenvalue weighted by molar-refractivity contribution is -0.131. The van der Waals surface area contributed by atoms with Crippen molar-refractivity contribution < 1.29 is 23.5 Å². The molecule has 1 amide bonds. The van der Waals surface area contributed by atoms with Gasteiger partial charge in [0, 0.05) is 32.6 Å². The molecule has 1 heterocycles. The number of halogens is 1. The Labute approximate surface area is 128 Å². The van der Waals surface area contributed by atoms with Gasteiger partial charge in [-0.05, 0) is 6.42 Å². The maximum absolute atomic E-state index is 12.0. The molecule has 7 nitrogen and oxygen atoms in total. The van der Waals surface area contributed by atoms with Gasteiger partial charge in [0.2, 0.25) is 11.8 Å². The van der Waals surface area contributed by atoms with E-state index in [1.807, 2.05) is 0 Å². The summed E-state index contributed by atoms with van der Waals surface area (Å²) in [5.74, 6) is -0.156. The van der Waals surface area contributed by atoms with Crippen LogP contribution >= 0.6 is 11.6 Å². The van der Waals surface area contributed by atoms with Crippen LogP contribution in [-0.2, 0) is 20.8 Å². The van der Waals surface area contributed by atoms with Crippen LogP contribution in [0.15, 0.2) is 10.7 Å². The molecule has 0 saturated heterocycles. The molecule has 0 radical (unpaired) electrons. The first kappa shape index (κ1) is 17.5. The highest BCUT2D eigenvalue weighted by atomic mass is 35.5. The third-order valence-corrected chi connectivity index (χ3v) is 2.90. The third kappa shape index (κ3) is 5.73. The molecule has 0 aliphatic carbocycles. The lowest BCUT2D eigenvalue weighted by atomic mass is 10.3. The summed E-state index contributed by atoms with van der Waals surface area (Å²) in [6.07, 6.45) is 2.13. The van der Waals surface area contributed by atoms with Crippen LogP contribution in [0, 0.1) is 0 Å². The number of hydrogen-bond acceptors (Lipinski definition) is 6. The van der Waals surface area contributed by atoms with E-state index in [1.165, 1.54) is 13.4 Å². The molecule has 0 fully saturated rings. The number of amides is 1. The summed E-state index contributed by atoms with van der Waals surface area (Å²) in [6, 6.07) is 0. The van der Waals surface area contributed by atoms with Crippen LogP contribution in [0.4, 0.5) is 0 Å². The van der Waals surface area contributed by atoms with Gasteiger partial charge < -0.3 is 18.8 Å². The van der Waals surface area contributed by atoms with E-state index in [-0.39, 0.29) is 36.3 Å². The smallest absolute Gasteiger partial charge is 0.360 e. The Morgan fingerprint density at radius 2 is 2.19 bits per heavy atom. The standard InChI is InChI=1S/C13H19ClN2O5/c1-19-7-3-6-16(12(17)4-5-14)8-11-15-10(9-21-11)13(18)20-2/h9H,3-8H2,1-2H3. The molecule has 1 rings (SSSR count). The Hall–Kier alpha value is -1.60. The van der Waals surface area contributed by atoms with Crippen LogP contribution in [0.2, 0.25) is 0 Å². The van der Waals surface area contributed by atoms with Gasteiger partial charge in [-0.2, -0.15) is 0 Å². The zero-order chi connectivity index (χ0) is 15.7. The summed E-state index contributed by atoms with van der Waals surface area (Å²) < 4.78 is 14.7. The van der Waals surface area contributed by atoms with Crippen molar-refractivity contribution in [2.75, 3.05) is 33.3 Å². The number of methoxy groups -OCH3 is 2. The van der Waals surface area contributed by atoms with Crippen LogP contribution < -0.4 is 0 Å². The molecule has 0 aromatic carbocycles. The van der Waals surface area contributed by atoms with Gasteiger partial charge >= 0.3 is 5.97 Å². The van der Waals surface area contributed by atoms with Gasteiger partial charge in [-0.25, -0.2) is 9.78 Å². The van der Waals surface area contributed by atoms with Crippen molar-refractivity contribution in [2.45, 2.75) is 19.4 Å². The highest BCUT2D eigenvalue weighted by Crippen LogP contribution is 2.09. The molecule has 0 N–H and O–H groups in total. The Kier molecular flexibility index (Phi) is 7.78. The number of alkyl halides is 1. The molecule has 8 heteroatoms. The summed E-state index contributed by atoms with van der Waals surface area (Å²) in [5.41, 5.74) is 0.0779. The first-order valence-corrected chi connectivity index (χ1v) is 7.01. The van der Waals surface area contributed by atoms with Crippen molar-refractivity contribution in [1.82, 2.24) is 9.88 Å². The lowest BCUT2D eigenvalue weighted by Gasteiger charge is -2.20. The number of hydrogen-bond donors (Lipinski definition) is 0. The SMILES string of the molecule is COCCCN(Cc1nc(C(=O)OC)co1)C(=O)CCCl. The van der Waals surface area contributed by atoms with Crippen LogP contribution in [0.1, 0.15) is 29.2 Å². The first-order chi connectivity index (χ1) is 10.1. The Morgan fingerprint density at radius 1 is 1.43 bits per heavy atom. The Bertz CT molecular complexity index is 463. The van der Waals surface area contributed by atoms with Crippen LogP contribution in [0.25, 0.3) is 0 Å². The molecule has 21 heavy (non-hydrogen) atoms. The van der Waals surface area contributed by atoms with Crippen molar-refractivity contribution in [3.05, 3.63) is 17.8 Å². The van der Waals surface area contributed by atoms with Crippen molar-refractivity contribution in [3.8, 4) is 0 Å². The van der Waals surface area contributed by atoms with E-state index < -0.39 is 5.97 Å². The first-order valence-electron chi connectivity index (χ1n) is 6.47. The number of esters is 1. The van der Waals surface area contributed by atoms with Crippen molar-refractivity contribution in [1.29, 1.82) is 0 Å². The van der Waals surface area contributed by atoms with Gasteiger partial charge in [0.05, 0.1) is 13.7 Å². The molecule has 1 aromatic rings. The lowest BCUT2D eigenvalue weighted by Crippen LogP contribution is -2.32. The zero-order valence-corrected chi connectivity index (χ0v) is 12.9. The highest BCUT2D eigenvalue weighted by molar-refractivity contribution is 6.18. The highest BCUT2D eigenvalue weighted by Gasteiger charge is 2.18. The predicted molar refractivity (Wildman–Crippen MR) is 75.1 cm³/mol. The fourth-order valence-corrected chi connectivity index (χ4v) is 1.84. The Balaban J connectivity index is 2.68. The van der Waals surface area contributed by atoms with Gasteiger partial charge in [0.1, 0.15) is 6.26 Å². The summed E-state index contributed by atoms with van der Waals surface area (Å²) in [6.45, 7) is 1.22. The Morgan fingerprint density at radius 3 is 2.81 bits per heavy atom. The van der Waals surface area contributed by atoms with E-state index in [0.717, 1.165) is 0 Å². The van der Waals surface area contributed by atoms with E-state index in [9.17, 15) is 9.59 Å². The molecule has 0 saturated carbocycles. The molecule has 0 bridgehead atoms. The quantitative estimate of drug-likeness (QED) is 0.389. The van der Waals surface area contributed by atoms with Crippen LogP contribution in [-0.4, -0.2) is 55.0 Å². The molecule has 0 unspecified atom stereocenters. The van der Waals surface area contributed by atoms with E-state index in [0.29, 0.717) is 19.6 Å². The fraction of sp³-hybridized carbons (Fsp3) is 0.615. The molecular formula is C13H19ClN2O5. The van der Waals surface area contributed by atoms with Gasteiger partial charge in [-0.3, -0.25) is 4.79 Å². The number of oxazole rings is 1. The van der Waals surface area contributed by atoms with Gasteiger partial charge in [0.15, 0.2) is 5.69 Å². The molecule has 0 aliphatic rings. The minimum Gasteiger partial charge on any atom is -0.464 e. The van der Waals surface area contributed by atoms with E-state index in [2.05, 4.69) is 9.72 Å². The van der Waals surface area contributed by atoms with Crippen molar-refractivity contribution >= 4 is 23.5 Å². The minimum absolute atomic E-state index is 0.0779. The molecule has 0 spiro atoms. The van der Waals surface area contributed by atoms with Crippen LogP contribution in [0.3, 0.4) is 0 Å². The summed E-state index contributed by atoms with van der Waals surface area (Å²) in [4.78, 5) is 28.8. The van der Waals surface area contributed by atoms with E-state index in [1.54, 1.807) is 12.0 Å². The summed E-state index contributed by atoms with van der Waals surface area (Å²) >= 11 is 5.60. The predicted octanol–water partition coefficient (Wildman–Crippen LogP) is 1.46. The third-order valence-electron chi connectivity index (χ3n) is 2.71. The largest absolute Gasteiger partial charge is 0.464 e. The second-order valence-corrected chi connectivity index (χ2v) is 4.60. The van der Waals surface area contributed by atoms with Crippen molar-refractivity contribution in [2.24, 2.45) is 0 Å². The summed E-state index contributed by atoms with van der Waals surface area (Å²) in [7, 11) is 2.86. The number of carbonyl (C=O) groups is 2. The fourth-order valence-electron chi connectivity index (χ4n) is 1.68. The monoisotopic (exact) mass is 318 g/mol. The minimum atomic E-state index is -0.581. The molecule has 1 aromatic heterocycles. The average molecular weight is 319 g/mol. The van der Waals surface area contributed by atoms with Gasteiger partial charge in [-0.1, -0.05) is 0 Å². The zero-order valence-electron chi connectivity index (χ0n) is 12.1. The summed E-state index contributed by atoms with van der Waals surface area (Å²) in [5, 5.41) is 0. The molecule has 0 aliphatic heterocycles. The van der Waals surface area contributed by atoms with Crippen molar-refractivity contribution in [3.63, 3.8) is 0 Å². The number of aromatic nitrogens is 1. The second kappa shape index (κ2) is 9.36. The van der Waals surface area contributed by atoms with E-state index in [4.69, 9.17) is 20.8 Å². The number of ether oxygens (including phenoxy) is 2. The maximum atomic E-state index is 12.0. The van der Waals surface area contributed by atoms with E-state index >= 15 is 0 Å². The maximum Gasteiger partial charge on any atom is 0.360 e. The van der Waals surface area contributed by atoms with Gasteiger partial charge in [-0.15, -0.1) is 11.6 Å². The topological polar surface area (TPSA) is 81.9 Å². The van der Waals surface area contributed by atoms with Crippen LogP contribution in [0.5, 0.6) is 0 Å². The average Bonchev–Trinajstić information content (AvgIpc) is 2.94. The second-order valence-electron chi connectivity index (χ2n) is 4.22. The normalized spacial score (nSPS) is 10.4. The number of carbonyl (C=O) groups excluding carboxylic acids is 2. The van der Waals surface area contributed by atoms with Gasteiger partial charge in [0.25, 0.3) is 0 Å². The molecule has 118 valence electrons. The molecular weight excluding hydrogens is 300 g/mol. The number of rotatable bonds is 9.